The monoisotopic (exact) mass is 205 g/mol. The highest BCUT2D eigenvalue weighted by molar-refractivity contribution is 5.72. The van der Waals surface area contributed by atoms with Crippen LogP contribution in [0.2, 0.25) is 0 Å². The van der Waals surface area contributed by atoms with Crippen molar-refractivity contribution < 1.29 is 19.4 Å². The average molecular weight is 205 g/mol. The molecule has 0 spiro atoms. The molecule has 0 aliphatic carbocycles. The lowest BCUT2D eigenvalue weighted by Crippen LogP contribution is -2.40. The topological polar surface area (TPSA) is 67.8 Å². The summed E-state index contributed by atoms with van der Waals surface area (Å²) in [4.78, 5) is 11.0. The molecule has 0 saturated heterocycles. The second kappa shape index (κ2) is 7.73. The summed E-state index contributed by atoms with van der Waals surface area (Å²) < 4.78 is 9.44. The van der Waals surface area contributed by atoms with E-state index in [0.29, 0.717) is 13.2 Å². The van der Waals surface area contributed by atoms with Crippen molar-refractivity contribution in [2.75, 3.05) is 34.0 Å². The number of carbonyl (C=O) groups excluding carboxylic acids is 1. The molecule has 0 radical (unpaired) electrons. The predicted octanol–water partition coefficient (Wildman–Crippen LogP) is -0.608. The molecule has 0 saturated carbocycles. The molecule has 84 valence electrons. The van der Waals surface area contributed by atoms with Crippen molar-refractivity contribution in [3.8, 4) is 0 Å². The fraction of sp³-hybridized carbons (Fsp3) is 0.889. The van der Waals surface area contributed by atoms with E-state index < -0.39 is 0 Å². The summed E-state index contributed by atoms with van der Waals surface area (Å²) in [5.74, 6) is -0.475. The van der Waals surface area contributed by atoms with Crippen LogP contribution in [0.4, 0.5) is 0 Å². The van der Waals surface area contributed by atoms with Crippen LogP contribution in [0.15, 0.2) is 0 Å². The Balaban J connectivity index is 3.72. The normalized spacial score (nSPS) is 14.9. The summed E-state index contributed by atoms with van der Waals surface area (Å²) in [6.45, 7) is 2.65. The first-order valence-electron chi connectivity index (χ1n) is 4.56. The number of rotatable bonds is 7. The van der Waals surface area contributed by atoms with Crippen molar-refractivity contribution in [2.24, 2.45) is 5.92 Å². The third-order valence-corrected chi connectivity index (χ3v) is 1.90. The van der Waals surface area contributed by atoms with Crippen molar-refractivity contribution in [2.45, 2.75) is 13.0 Å². The smallest absolute Gasteiger partial charge is 0.309 e. The van der Waals surface area contributed by atoms with Crippen molar-refractivity contribution in [1.82, 2.24) is 5.32 Å². The fourth-order valence-electron chi connectivity index (χ4n) is 1.01. The van der Waals surface area contributed by atoms with Gasteiger partial charge in [0.05, 0.1) is 32.3 Å². The third-order valence-electron chi connectivity index (χ3n) is 1.90. The molecule has 14 heavy (non-hydrogen) atoms. The van der Waals surface area contributed by atoms with Crippen LogP contribution in [-0.4, -0.2) is 51.1 Å². The van der Waals surface area contributed by atoms with Crippen LogP contribution in [0.3, 0.4) is 0 Å². The highest BCUT2D eigenvalue weighted by Crippen LogP contribution is 1.96. The van der Waals surface area contributed by atoms with E-state index in [-0.39, 0.29) is 24.5 Å². The van der Waals surface area contributed by atoms with E-state index in [0.717, 1.165) is 0 Å². The zero-order valence-corrected chi connectivity index (χ0v) is 8.95. The van der Waals surface area contributed by atoms with Crippen molar-refractivity contribution in [3.63, 3.8) is 0 Å². The summed E-state index contributed by atoms with van der Waals surface area (Å²) in [6, 6.07) is -0.132. The number of esters is 1. The molecule has 2 unspecified atom stereocenters. The minimum absolute atomic E-state index is 0.0122. The standard InChI is InChI=1S/C9H19NO4/c1-7(9(12)14-3)4-10-8(5-11)6-13-2/h7-8,10-11H,4-6H2,1-3H3. The van der Waals surface area contributed by atoms with Crippen LogP contribution in [-0.2, 0) is 14.3 Å². The Kier molecular flexibility index (Phi) is 7.37. The van der Waals surface area contributed by atoms with Gasteiger partial charge in [-0.3, -0.25) is 4.79 Å². The molecule has 0 heterocycles. The van der Waals surface area contributed by atoms with Gasteiger partial charge in [-0.05, 0) is 0 Å². The first-order chi connectivity index (χ1) is 6.65. The van der Waals surface area contributed by atoms with Gasteiger partial charge in [-0.15, -0.1) is 0 Å². The maximum Gasteiger partial charge on any atom is 0.309 e. The zero-order chi connectivity index (χ0) is 11.0. The van der Waals surface area contributed by atoms with Crippen LogP contribution in [0.25, 0.3) is 0 Å². The fourth-order valence-corrected chi connectivity index (χ4v) is 1.01. The number of carbonyl (C=O) groups is 1. The summed E-state index contributed by atoms with van der Waals surface area (Å²) >= 11 is 0. The van der Waals surface area contributed by atoms with E-state index in [1.165, 1.54) is 7.11 Å². The summed E-state index contributed by atoms with van der Waals surface area (Å²) in [7, 11) is 2.92. The van der Waals surface area contributed by atoms with Gasteiger partial charge in [-0.1, -0.05) is 6.92 Å². The highest BCUT2D eigenvalue weighted by atomic mass is 16.5. The molecule has 0 rings (SSSR count). The largest absolute Gasteiger partial charge is 0.469 e. The highest BCUT2D eigenvalue weighted by Gasteiger charge is 2.14. The maximum absolute atomic E-state index is 11.0. The molecule has 0 aliphatic heterocycles. The molecule has 0 aromatic carbocycles. The quantitative estimate of drug-likeness (QED) is 0.543. The van der Waals surface area contributed by atoms with Crippen LogP contribution in [0.1, 0.15) is 6.92 Å². The molecule has 0 aromatic heterocycles. The second-order valence-corrected chi connectivity index (χ2v) is 3.17. The van der Waals surface area contributed by atoms with Gasteiger partial charge in [0, 0.05) is 13.7 Å². The number of aliphatic hydroxyl groups is 1. The molecule has 5 heteroatoms. The lowest BCUT2D eigenvalue weighted by molar-refractivity contribution is -0.144. The molecule has 2 N–H and O–H groups in total. The van der Waals surface area contributed by atoms with Crippen LogP contribution >= 0.6 is 0 Å². The van der Waals surface area contributed by atoms with Gasteiger partial charge in [0.2, 0.25) is 0 Å². The Hall–Kier alpha value is -0.650. The van der Waals surface area contributed by atoms with Gasteiger partial charge in [-0.2, -0.15) is 0 Å². The van der Waals surface area contributed by atoms with E-state index >= 15 is 0 Å². The Bertz CT molecular complexity index is 163. The lowest BCUT2D eigenvalue weighted by Gasteiger charge is -2.17. The number of hydrogen-bond acceptors (Lipinski definition) is 5. The summed E-state index contributed by atoms with van der Waals surface area (Å²) in [6.07, 6.45) is 0. The Morgan fingerprint density at radius 2 is 2.14 bits per heavy atom. The third kappa shape index (κ3) is 5.16. The molecule has 2 atom stereocenters. The molecule has 5 nitrogen and oxygen atoms in total. The first-order valence-corrected chi connectivity index (χ1v) is 4.56. The molecule has 0 fully saturated rings. The predicted molar refractivity (Wildman–Crippen MR) is 51.9 cm³/mol. The number of hydrogen-bond donors (Lipinski definition) is 2. The zero-order valence-electron chi connectivity index (χ0n) is 8.95. The SMILES string of the molecule is COCC(CO)NCC(C)C(=O)OC. The summed E-state index contributed by atoms with van der Waals surface area (Å²) in [5, 5.41) is 11.9. The van der Waals surface area contributed by atoms with Gasteiger partial charge in [-0.25, -0.2) is 0 Å². The van der Waals surface area contributed by atoms with E-state index in [1.54, 1.807) is 14.0 Å². The number of ether oxygens (including phenoxy) is 2. The lowest BCUT2D eigenvalue weighted by atomic mass is 10.2. The first kappa shape index (κ1) is 13.4. The van der Waals surface area contributed by atoms with Crippen LogP contribution < -0.4 is 5.32 Å². The molecular formula is C9H19NO4. The number of aliphatic hydroxyl groups excluding tert-OH is 1. The number of nitrogens with one attached hydrogen (secondary N) is 1. The molecular weight excluding hydrogens is 186 g/mol. The Morgan fingerprint density at radius 1 is 1.50 bits per heavy atom. The van der Waals surface area contributed by atoms with Gasteiger partial charge >= 0.3 is 5.97 Å². The van der Waals surface area contributed by atoms with Crippen LogP contribution in [0.5, 0.6) is 0 Å². The van der Waals surface area contributed by atoms with Gasteiger partial charge in [0.1, 0.15) is 0 Å². The summed E-state index contributed by atoms with van der Waals surface area (Å²) in [5.41, 5.74) is 0. The van der Waals surface area contributed by atoms with Gasteiger partial charge in [0.25, 0.3) is 0 Å². The van der Waals surface area contributed by atoms with Gasteiger partial charge in [0.15, 0.2) is 0 Å². The average Bonchev–Trinajstić information content (AvgIpc) is 2.22. The van der Waals surface area contributed by atoms with Crippen molar-refractivity contribution >= 4 is 5.97 Å². The Labute approximate surface area is 84.4 Å². The minimum atomic E-state index is -0.258. The van der Waals surface area contributed by atoms with Gasteiger partial charge < -0.3 is 19.9 Å². The molecule has 0 aliphatic rings. The van der Waals surface area contributed by atoms with E-state index in [4.69, 9.17) is 9.84 Å². The van der Waals surface area contributed by atoms with E-state index in [9.17, 15) is 4.79 Å². The van der Waals surface area contributed by atoms with Crippen molar-refractivity contribution in [3.05, 3.63) is 0 Å². The maximum atomic E-state index is 11.0. The van der Waals surface area contributed by atoms with E-state index in [1.807, 2.05) is 0 Å². The molecule has 0 bridgehead atoms. The minimum Gasteiger partial charge on any atom is -0.469 e. The molecule has 0 aromatic rings. The Morgan fingerprint density at radius 3 is 2.57 bits per heavy atom. The number of methoxy groups -OCH3 is 2. The molecule has 0 amide bonds. The second-order valence-electron chi connectivity index (χ2n) is 3.17. The van der Waals surface area contributed by atoms with Crippen LogP contribution in [0, 0.1) is 5.92 Å². The van der Waals surface area contributed by atoms with Crippen molar-refractivity contribution in [1.29, 1.82) is 0 Å². The van der Waals surface area contributed by atoms with E-state index in [2.05, 4.69) is 10.1 Å².